The van der Waals surface area contributed by atoms with Crippen molar-refractivity contribution >= 4 is 12.1 Å². The molecule has 1 saturated heterocycles. The topological polar surface area (TPSA) is 70.1 Å². The summed E-state index contributed by atoms with van der Waals surface area (Å²) in [7, 11) is 0. The van der Waals surface area contributed by atoms with Crippen LogP contribution in [-0.2, 0) is 9.53 Å². The van der Waals surface area contributed by atoms with E-state index in [1.807, 2.05) is 30.6 Å². The molecule has 0 bridgehead atoms. The molecule has 0 unspecified atom stereocenters. The summed E-state index contributed by atoms with van der Waals surface area (Å²) < 4.78 is 5.51. The molecule has 1 aliphatic carbocycles. The van der Waals surface area contributed by atoms with Crippen molar-refractivity contribution in [2.24, 2.45) is 0 Å². The van der Waals surface area contributed by atoms with Crippen molar-refractivity contribution in [1.29, 1.82) is 0 Å². The minimum atomic E-state index is -0.804. The number of likely N-dealkylation sites (tertiary alicyclic amines) is 1. The van der Waals surface area contributed by atoms with Gasteiger partial charge in [-0.15, -0.1) is 0 Å². The first-order valence-electron chi connectivity index (χ1n) is 8.22. The number of carbonyl (C=O) groups excluding carboxylic acids is 1. The second-order valence-electron chi connectivity index (χ2n) is 7.38. The van der Waals surface area contributed by atoms with Crippen molar-refractivity contribution in [1.82, 2.24) is 9.80 Å². The van der Waals surface area contributed by atoms with Crippen molar-refractivity contribution in [2.45, 2.75) is 70.6 Å². The molecule has 1 atom stereocenters. The normalized spacial score (nSPS) is 23.1. The number of rotatable bonds is 5. The van der Waals surface area contributed by atoms with Gasteiger partial charge in [0.25, 0.3) is 0 Å². The smallest absolute Gasteiger partial charge is 0.410 e. The van der Waals surface area contributed by atoms with Crippen molar-refractivity contribution in [3.05, 3.63) is 0 Å². The standard InChI is InChI=1S/C16H28N2O4/c1-16(2,3)22-15(21)18(12-7-8-12)10-13-6-4-5-9-17(13)11-14(19)20/h12-13H,4-11H2,1-3H3,(H,19,20)/t13-/m0/s1. The number of piperidine rings is 1. The van der Waals surface area contributed by atoms with Crippen LogP contribution >= 0.6 is 0 Å². The molecule has 0 aromatic carbocycles. The van der Waals surface area contributed by atoms with Crippen molar-refractivity contribution in [3.63, 3.8) is 0 Å². The third-order valence-corrected chi connectivity index (χ3v) is 4.11. The predicted octanol–water partition coefficient (Wildman–Crippen LogP) is 2.33. The average Bonchev–Trinajstić information content (AvgIpc) is 3.19. The Morgan fingerprint density at radius 1 is 1.23 bits per heavy atom. The summed E-state index contributed by atoms with van der Waals surface area (Å²) in [6, 6.07) is 0.390. The van der Waals surface area contributed by atoms with Gasteiger partial charge in [0.05, 0.1) is 6.54 Å². The lowest BCUT2D eigenvalue weighted by Gasteiger charge is -2.38. The van der Waals surface area contributed by atoms with Gasteiger partial charge < -0.3 is 14.7 Å². The molecule has 1 heterocycles. The molecule has 2 rings (SSSR count). The van der Waals surface area contributed by atoms with Crippen LogP contribution in [0.2, 0.25) is 0 Å². The van der Waals surface area contributed by atoms with Crippen LogP contribution in [0.3, 0.4) is 0 Å². The maximum atomic E-state index is 12.4. The minimum absolute atomic E-state index is 0.0531. The number of ether oxygens (including phenoxy) is 1. The molecule has 0 aromatic rings. The van der Waals surface area contributed by atoms with Crippen LogP contribution in [0.4, 0.5) is 4.79 Å². The molecule has 1 aliphatic heterocycles. The van der Waals surface area contributed by atoms with E-state index in [0.717, 1.165) is 38.6 Å². The third kappa shape index (κ3) is 5.16. The Labute approximate surface area is 132 Å². The van der Waals surface area contributed by atoms with Gasteiger partial charge in [0.1, 0.15) is 5.60 Å². The first-order chi connectivity index (χ1) is 10.3. The summed E-state index contributed by atoms with van der Waals surface area (Å²) in [5.74, 6) is -0.804. The number of carboxylic acid groups (broad SMARTS) is 1. The van der Waals surface area contributed by atoms with Gasteiger partial charge in [-0.05, 0) is 53.0 Å². The van der Waals surface area contributed by atoms with Gasteiger partial charge in [-0.3, -0.25) is 9.69 Å². The number of hydrogen-bond acceptors (Lipinski definition) is 4. The zero-order valence-electron chi connectivity index (χ0n) is 13.9. The van der Waals surface area contributed by atoms with E-state index in [2.05, 4.69) is 0 Å². The Kier molecular flexibility index (Phi) is 5.32. The number of carboxylic acids is 1. The van der Waals surface area contributed by atoms with Crippen molar-refractivity contribution in [2.75, 3.05) is 19.6 Å². The van der Waals surface area contributed by atoms with Crippen LogP contribution in [0, 0.1) is 0 Å². The second kappa shape index (κ2) is 6.86. The Balaban J connectivity index is 1.99. The second-order valence-corrected chi connectivity index (χ2v) is 7.38. The fraction of sp³-hybridized carbons (Fsp3) is 0.875. The molecule has 0 aromatic heterocycles. The van der Waals surface area contributed by atoms with Gasteiger partial charge in [0, 0.05) is 18.6 Å². The molecule has 0 spiro atoms. The number of nitrogens with zero attached hydrogens (tertiary/aromatic N) is 2. The fourth-order valence-corrected chi connectivity index (χ4v) is 2.96. The molecule has 6 heteroatoms. The lowest BCUT2D eigenvalue weighted by Crippen LogP contribution is -2.51. The summed E-state index contributed by atoms with van der Waals surface area (Å²) in [5, 5.41) is 9.05. The molecule has 22 heavy (non-hydrogen) atoms. The predicted molar refractivity (Wildman–Crippen MR) is 82.8 cm³/mol. The van der Waals surface area contributed by atoms with Crippen molar-refractivity contribution < 1.29 is 19.4 Å². The quantitative estimate of drug-likeness (QED) is 0.843. The molecule has 1 saturated carbocycles. The monoisotopic (exact) mass is 312 g/mol. The molecular formula is C16H28N2O4. The van der Waals surface area contributed by atoms with Crippen LogP contribution in [0.15, 0.2) is 0 Å². The molecule has 1 amide bonds. The third-order valence-electron chi connectivity index (χ3n) is 4.11. The van der Waals surface area contributed by atoms with Crippen LogP contribution in [0.5, 0.6) is 0 Å². The maximum absolute atomic E-state index is 12.4. The van der Waals surface area contributed by atoms with Crippen LogP contribution in [0.1, 0.15) is 52.9 Å². The summed E-state index contributed by atoms with van der Waals surface area (Å²) in [6.07, 6.45) is 4.83. The Morgan fingerprint density at radius 2 is 1.91 bits per heavy atom. The van der Waals surface area contributed by atoms with Gasteiger partial charge in [-0.25, -0.2) is 4.79 Å². The van der Waals surface area contributed by atoms with Crippen molar-refractivity contribution in [3.8, 4) is 0 Å². The molecule has 2 fully saturated rings. The van der Waals surface area contributed by atoms with Gasteiger partial charge in [-0.2, -0.15) is 0 Å². The summed E-state index contributed by atoms with van der Waals surface area (Å²) >= 11 is 0. The first-order valence-corrected chi connectivity index (χ1v) is 8.22. The lowest BCUT2D eigenvalue weighted by atomic mass is 10.0. The van der Waals surface area contributed by atoms with Gasteiger partial charge in [0.2, 0.25) is 0 Å². The Hall–Kier alpha value is -1.30. The van der Waals surface area contributed by atoms with E-state index in [0.29, 0.717) is 6.54 Å². The minimum Gasteiger partial charge on any atom is -0.480 e. The van der Waals surface area contributed by atoms with Gasteiger partial charge in [0.15, 0.2) is 0 Å². The van der Waals surface area contributed by atoms with E-state index < -0.39 is 11.6 Å². The fourth-order valence-electron chi connectivity index (χ4n) is 2.96. The summed E-state index contributed by atoms with van der Waals surface area (Å²) in [5.41, 5.74) is -0.502. The molecule has 1 N–H and O–H groups in total. The van der Waals surface area contributed by atoms with E-state index in [1.54, 1.807) is 0 Å². The largest absolute Gasteiger partial charge is 0.480 e. The highest BCUT2D eigenvalue weighted by atomic mass is 16.6. The number of carbonyl (C=O) groups is 2. The molecular weight excluding hydrogens is 284 g/mol. The zero-order chi connectivity index (χ0) is 16.3. The van der Waals surface area contributed by atoms with Gasteiger partial charge in [-0.1, -0.05) is 6.42 Å². The van der Waals surface area contributed by atoms with Crippen LogP contribution in [-0.4, -0.2) is 64.3 Å². The summed E-state index contributed by atoms with van der Waals surface area (Å²) in [6.45, 7) is 7.03. The molecule has 2 aliphatic rings. The maximum Gasteiger partial charge on any atom is 0.410 e. The Bertz CT molecular complexity index is 415. The number of aliphatic carboxylic acids is 1. The van der Waals surface area contributed by atoms with E-state index in [1.165, 1.54) is 0 Å². The molecule has 6 nitrogen and oxygen atoms in total. The highest BCUT2D eigenvalue weighted by Crippen LogP contribution is 2.30. The highest BCUT2D eigenvalue weighted by Gasteiger charge is 2.38. The average molecular weight is 312 g/mol. The molecule has 0 radical (unpaired) electrons. The van der Waals surface area contributed by atoms with E-state index in [4.69, 9.17) is 9.84 Å². The SMILES string of the molecule is CC(C)(C)OC(=O)N(C[C@@H]1CCCCN1CC(=O)O)C1CC1. The zero-order valence-corrected chi connectivity index (χ0v) is 13.9. The van der Waals surface area contributed by atoms with E-state index >= 15 is 0 Å². The number of amides is 1. The first kappa shape index (κ1) is 17.1. The lowest BCUT2D eigenvalue weighted by molar-refractivity contribution is -0.139. The number of hydrogen-bond donors (Lipinski definition) is 1. The van der Waals surface area contributed by atoms with Gasteiger partial charge >= 0.3 is 12.1 Å². The Morgan fingerprint density at radius 3 is 2.45 bits per heavy atom. The summed E-state index contributed by atoms with van der Waals surface area (Å²) in [4.78, 5) is 27.2. The molecule has 126 valence electrons. The van der Waals surface area contributed by atoms with Crippen LogP contribution < -0.4 is 0 Å². The highest BCUT2D eigenvalue weighted by molar-refractivity contribution is 5.70. The van der Waals surface area contributed by atoms with Crippen LogP contribution in [0.25, 0.3) is 0 Å². The van der Waals surface area contributed by atoms with E-state index in [-0.39, 0.29) is 24.7 Å². The van der Waals surface area contributed by atoms with E-state index in [9.17, 15) is 9.59 Å².